The number of hydrogen-bond donors (Lipinski definition) is 1. The van der Waals surface area contributed by atoms with Crippen LogP contribution in [0.1, 0.15) is 24.1 Å². The van der Waals surface area contributed by atoms with Gasteiger partial charge in [0.05, 0.1) is 19.3 Å². The number of morpholine rings is 1. The minimum Gasteiger partial charge on any atom is -0.383 e. The molecule has 0 spiro atoms. The van der Waals surface area contributed by atoms with E-state index in [1.54, 1.807) is 19.1 Å². The van der Waals surface area contributed by atoms with Crippen molar-refractivity contribution in [1.82, 2.24) is 4.90 Å². The lowest BCUT2D eigenvalue weighted by Gasteiger charge is -2.43. The van der Waals surface area contributed by atoms with Crippen LogP contribution in [0.3, 0.4) is 0 Å². The summed E-state index contributed by atoms with van der Waals surface area (Å²) >= 11 is 0. The van der Waals surface area contributed by atoms with Gasteiger partial charge in [-0.05, 0) is 30.2 Å². The molecular formula is C19H22FNO2. The van der Waals surface area contributed by atoms with Crippen LogP contribution in [0, 0.1) is 5.82 Å². The molecule has 2 atom stereocenters. The molecule has 0 amide bonds. The molecule has 1 heterocycles. The summed E-state index contributed by atoms with van der Waals surface area (Å²) in [7, 11) is 0. The van der Waals surface area contributed by atoms with Crippen molar-refractivity contribution >= 4 is 0 Å². The highest BCUT2D eigenvalue weighted by molar-refractivity contribution is 5.30. The number of hydrogen-bond acceptors (Lipinski definition) is 3. The monoisotopic (exact) mass is 315 g/mol. The molecule has 2 aromatic rings. The van der Waals surface area contributed by atoms with E-state index in [0.717, 1.165) is 18.7 Å². The van der Waals surface area contributed by atoms with Gasteiger partial charge in [-0.15, -0.1) is 0 Å². The van der Waals surface area contributed by atoms with Gasteiger partial charge < -0.3 is 9.84 Å². The second-order valence-corrected chi connectivity index (χ2v) is 6.12. The molecule has 1 fully saturated rings. The summed E-state index contributed by atoms with van der Waals surface area (Å²) in [6, 6.07) is 15.9. The van der Waals surface area contributed by atoms with Gasteiger partial charge in [-0.1, -0.05) is 42.5 Å². The van der Waals surface area contributed by atoms with Crippen LogP contribution >= 0.6 is 0 Å². The molecule has 3 nitrogen and oxygen atoms in total. The van der Waals surface area contributed by atoms with Gasteiger partial charge in [-0.25, -0.2) is 4.39 Å². The molecule has 0 aliphatic carbocycles. The van der Waals surface area contributed by atoms with Crippen LogP contribution < -0.4 is 0 Å². The van der Waals surface area contributed by atoms with Crippen molar-refractivity contribution in [3.63, 3.8) is 0 Å². The van der Waals surface area contributed by atoms with Crippen LogP contribution in [0.15, 0.2) is 54.6 Å². The third-order valence-corrected chi connectivity index (χ3v) is 4.49. The number of nitrogens with zero attached hydrogens (tertiary/aromatic N) is 1. The summed E-state index contributed by atoms with van der Waals surface area (Å²) in [5, 5.41) is 11.3. The van der Waals surface area contributed by atoms with E-state index in [1.807, 2.05) is 30.3 Å². The van der Waals surface area contributed by atoms with Crippen molar-refractivity contribution in [1.29, 1.82) is 0 Å². The summed E-state index contributed by atoms with van der Waals surface area (Å²) in [6.45, 7) is 4.63. The molecule has 0 aromatic heterocycles. The SMILES string of the molecule is C[C@](O)(c1ccc(F)cc1)[C@@H](c1ccccc1)N1CCOCC1. The first-order valence-electron chi connectivity index (χ1n) is 7.94. The molecule has 0 unspecified atom stereocenters. The van der Waals surface area contributed by atoms with Crippen LogP contribution in [0.25, 0.3) is 0 Å². The van der Waals surface area contributed by atoms with E-state index in [-0.39, 0.29) is 11.9 Å². The van der Waals surface area contributed by atoms with Gasteiger partial charge in [-0.2, -0.15) is 0 Å². The highest BCUT2D eigenvalue weighted by Crippen LogP contribution is 2.39. The van der Waals surface area contributed by atoms with E-state index in [1.165, 1.54) is 12.1 Å². The minimum absolute atomic E-state index is 0.210. The fraction of sp³-hybridized carbons (Fsp3) is 0.368. The Morgan fingerprint density at radius 1 is 1.04 bits per heavy atom. The fourth-order valence-electron chi connectivity index (χ4n) is 3.31. The van der Waals surface area contributed by atoms with Gasteiger partial charge in [0.25, 0.3) is 0 Å². The number of ether oxygens (including phenoxy) is 1. The third kappa shape index (κ3) is 3.44. The molecule has 3 rings (SSSR count). The first-order chi connectivity index (χ1) is 11.1. The zero-order chi connectivity index (χ0) is 16.3. The first kappa shape index (κ1) is 16.1. The highest BCUT2D eigenvalue weighted by atomic mass is 19.1. The summed E-state index contributed by atoms with van der Waals surface area (Å²) in [6.07, 6.45) is 0. The topological polar surface area (TPSA) is 32.7 Å². The van der Waals surface area contributed by atoms with Gasteiger partial charge in [0.15, 0.2) is 0 Å². The first-order valence-corrected chi connectivity index (χ1v) is 7.94. The van der Waals surface area contributed by atoms with Crippen molar-refractivity contribution in [2.45, 2.75) is 18.6 Å². The lowest BCUT2D eigenvalue weighted by molar-refractivity contribution is -0.0738. The second-order valence-electron chi connectivity index (χ2n) is 6.12. The molecule has 0 bridgehead atoms. The van der Waals surface area contributed by atoms with E-state index < -0.39 is 5.60 Å². The number of benzene rings is 2. The average molecular weight is 315 g/mol. The van der Waals surface area contributed by atoms with Crippen molar-refractivity contribution in [2.75, 3.05) is 26.3 Å². The van der Waals surface area contributed by atoms with Crippen molar-refractivity contribution in [3.05, 3.63) is 71.5 Å². The molecule has 1 aliphatic rings. The zero-order valence-electron chi connectivity index (χ0n) is 13.3. The van der Waals surface area contributed by atoms with Gasteiger partial charge >= 0.3 is 0 Å². The summed E-state index contributed by atoms with van der Waals surface area (Å²) in [4.78, 5) is 2.24. The molecular weight excluding hydrogens is 293 g/mol. The normalized spacial score (nSPS) is 20.0. The van der Waals surface area contributed by atoms with Gasteiger partial charge in [0.1, 0.15) is 11.4 Å². The van der Waals surface area contributed by atoms with E-state index >= 15 is 0 Å². The Morgan fingerprint density at radius 2 is 1.65 bits per heavy atom. The maximum Gasteiger partial charge on any atom is 0.123 e. The van der Waals surface area contributed by atoms with Crippen molar-refractivity contribution in [2.24, 2.45) is 0 Å². The Balaban J connectivity index is 2.00. The van der Waals surface area contributed by atoms with Crippen LogP contribution in [0.4, 0.5) is 4.39 Å². The predicted molar refractivity (Wildman–Crippen MR) is 87.5 cm³/mol. The molecule has 1 saturated heterocycles. The Labute approximate surface area is 136 Å². The van der Waals surface area contributed by atoms with Crippen LogP contribution in [0.2, 0.25) is 0 Å². The maximum absolute atomic E-state index is 13.2. The van der Waals surface area contributed by atoms with Crippen molar-refractivity contribution < 1.29 is 14.2 Å². The van der Waals surface area contributed by atoms with Crippen molar-refractivity contribution in [3.8, 4) is 0 Å². The summed E-state index contributed by atoms with van der Waals surface area (Å²) in [5.41, 5.74) is 0.620. The molecule has 2 aromatic carbocycles. The van der Waals surface area contributed by atoms with Gasteiger partial charge in [0, 0.05) is 13.1 Å². The number of rotatable bonds is 4. The Kier molecular flexibility index (Phi) is 4.76. The zero-order valence-corrected chi connectivity index (χ0v) is 13.3. The van der Waals surface area contributed by atoms with E-state index in [4.69, 9.17) is 4.74 Å². The number of halogens is 1. The smallest absolute Gasteiger partial charge is 0.123 e. The van der Waals surface area contributed by atoms with Crippen LogP contribution in [-0.2, 0) is 10.3 Å². The largest absolute Gasteiger partial charge is 0.383 e. The third-order valence-electron chi connectivity index (χ3n) is 4.49. The second kappa shape index (κ2) is 6.79. The Hall–Kier alpha value is -1.75. The summed E-state index contributed by atoms with van der Waals surface area (Å²) in [5.74, 6) is -0.299. The highest BCUT2D eigenvalue weighted by Gasteiger charge is 2.39. The molecule has 1 aliphatic heterocycles. The molecule has 122 valence electrons. The molecule has 0 saturated carbocycles. The maximum atomic E-state index is 13.2. The standard InChI is InChI=1S/C19H22FNO2/c1-19(22,16-7-9-17(20)10-8-16)18(15-5-3-2-4-6-15)21-11-13-23-14-12-21/h2-10,18,22H,11-14H2,1H3/t18-,19+/m1/s1. The van der Waals surface area contributed by atoms with Gasteiger partial charge in [-0.3, -0.25) is 4.90 Å². The molecule has 4 heteroatoms. The molecule has 0 radical (unpaired) electrons. The average Bonchev–Trinajstić information content (AvgIpc) is 2.57. The lowest BCUT2D eigenvalue weighted by Crippen LogP contribution is -2.47. The number of aliphatic hydroxyl groups is 1. The fourth-order valence-corrected chi connectivity index (χ4v) is 3.31. The minimum atomic E-state index is -1.13. The van der Waals surface area contributed by atoms with Crippen LogP contribution in [-0.4, -0.2) is 36.3 Å². The predicted octanol–water partition coefficient (Wildman–Crippen LogP) is 3.11. The Morgan fingerprint density at radius 3 is 2.26 bits per heavy atom. The van der Waals surface area contributed by atoms with E-state index in [9.17, 15) is 9.50 Å². The molecule has 23 heavy (non-hydrogen) atoms. The van der Waals surface area contributed by atoms with E-state index in [2.05, 4.69) is 4.90 Å². The van der Waals surface area contributed by atoms with Crippen LogP contribution in [0.5, 0.6) is 0 Å². The summed E-state index contributed by atoms with van der Waals surface area (Å²) < 4.78 is 18.7. The van der Waals surface area contributed by atoms with E-state index in [0.29, 0.717) is 18.8 Å². The molecule has 1 N–H and O–H groups in total. The Bertz CT molecular complexity index is 622. The quantitative estimate of drug-likeness (QED) is 0.941. The lowest BCUT2D eigenvalue weighted by atomic mass is 9.83. The van der Waals surface area contributed by atoms with Gasteiger partial charge in [0.2, 0.25) is 0 Å².